The number of ether oxygens (including phenoxy) is 3. The summed E-state index contributed by atoms with van der Waals surface area (Å²) in [5.41, 5.74) is 1.16. The molecule has 0 unspecified atom stereocenters. The molecular formula is C23H32N2O7. The quantitative estimate of drug-likeness (QED) is 0.453. The topological polar surface area (TPSA) is 111 Å². The molecule has 1 fully saturated rings. The lowest BCUT2D eigenvalue weighted by molar-refractivity contribution is -0.161. The van der Waals surface area contributed by atoms with Gasteiger partial charge in [0.2, 0.25) is 0 Å². The Morgan fingerprint density at radius 1 is 1.03 bits per heavy atom. The maximum atomic E-state index is 12.4. The minimum Gasteiger partial charge on any atom is -0.393 e. The van der Waals surface area contributed by atoms with Gasteiger partial charge in [0.05, 0.1) is 25.5 Å². The molecule has 0 spiro atoms. The predicted molar refractivity (Wildman–Crippen MR) is 115 cm³/mol. The number of esters is 3. The van der Waals surface area contributed by atoms with Crippen LogP contribution in [-0.4, -0.2) is 61.2 Å². The van der Waals surface area contributed by atoms with Crippen molar-refractivity contribution >= 4 is 24.0 Å². The Balaban J connectivity index is 1.78. The normalized spacial score (nSPS) is 19.2. The first kappa shape index (κ1) is 25.5. The van der Waals surface area contributed by atoms with Crippen molar-refractivity contribution in [2.24, 2.45) is 0 Å². The fraction of sp³-hybridized carbons (Fsp3) is 0.565. The van der Waals surface area contributed by atoms with Gasteiger partial charge < -0.3 is 24.4 Å². The molecule has 1 saturated heterocycles. The smallest absolute Gasteiger partial charge is 0.393 e. The van der Waals surface area contributed by atoms with E-state index < -0.39 is 24.0 Å². The Hall–Kier alpha value is -2.78. The number of piperidine rings is 1. The molecule has 32 heavy (non-hydrogen) atoms. The van der Waals surface area contributed by atoms with E-state index in [2.05, 4.69) is 17.0 Å². The molecule has 176 valence electrons. The first-order chi connectivity index (χ1) is 15.3. The second-order valence-electron chi connectivity index (χ2n) is 7.75. The molecule has 1 heterocycles. The molecule has 0 radical (unpaired) electrons. The van der Waals surface area contributed by atoms with Crippen LogP contribution >= 0.6 is 0 Å². The van der Waals surface area contributed by atoms with Crippen molar-refractivity contribution in [2.75, 3.05) is 20.2 Å². The molecule has 2 rings (SSSR count). The number of likely N-dealkylation sites (tertiary alicyclic amines) is 1. The van der Waals surface area contributed by atoms with Crippen molar-refractivity contribution < 1.29 is 33.4 Å². The number of hydrogen-bond acceptors (Lipinski definition) is 8. The number of carbonyl (C=O) groups is 4. The summed E-state index contributed by atoms with van der Waals surface area (Å²) < 4.78 is 15.0. The molecule has 1 aliphatic rings. The Labute approximate surface area is 188 Å². The number of nitrogens with one attached hydrogen (secondary N) is 1. The Morgan fingerprint density at radius 2 is 1.66 bits per heavy atom. The zero-order valence-corrected chi connectivity index (χ0v) is 18.9. The lowest BCUT2D eigenvalue weighted by Crippen LogP contribution is -2.55. The summed E-state index contributed by atoms with van der Waals surface area (Å²) in [5, 5.41) is 3.54. The van der Waals surface area contributed by atoms with Gasteiger partial charge in [0, 0.05) is 32.2 Å². The van der Waals surface area contributed by atoms with Crippen LogP contribution in [0.1, 0.15) is 57.6 Å². The van der Waals surface area contributed by atoms with E-state index in [9.17, 15) is 19.2 Å². The van der Waals surface area contributed by atoms with Crippen molar-refractivity contribution in [1.29, 1.82) is 0 Å². The van der Waals surface area contributed by atoms with Crippen molar-refractivity contribution in [3.63, 3.8) is 0 Å². The van der Waals surface area contributed by atoms with Crippen LogP contribution in [0.5, 0.6) is 0 Å². The van der Waals surface area contributed by atoms with Gasteiger partial charge in [0.1, 0.15) is 0 Å². The van der Waals surface area contributed by atoms with Crippen molar-refractivity contribution in [3.8, 4) is 0 Å². The van der Waals surface area contributed by atoms with Gasteiger partial charge in [-0.3, -0.25) is 14.4 Å². The number of carbonyl (C=O) groups excluding carboxylic acids is 4. The van der Waals surface area contributed by atoms with Crippen LogP contribution in [0, 0.1) is 0 Å². The monoisotopic (exact) mass is 448 g/mol. The van der Waals surface area contributed by atoms with Gasteiger partial charge in [-0.05, 0) is 25.3 Å². The van der Waals surface area contributed by atoms with Crippen LogP contribution in [0.2, 0.25) is 0 Å². The number of hydrogen-bond donors (Lipinski definition) is 1. The Kier molecular flexibility index (Phi) is 10.3. The van der Waals surface area contributed by atoms with E-state index in [1.54, 1.807) is 14.0 Å². The van der Waals surface area contributed by atoms with E-state index in [-0.39, 0.29) is 44.0 Å². The summed E-state index contributed by atoms with van der Waals surface area (Å²) in [4.78, 5) is 48.5. The van der Waals surface area contributed by atoms with Gasteiger partial charge >= 0.3 is 24.0 Å². The largest absolute Gasteiger partial charge is 0.417 e. The van der Waals surface area contributed by atoms with E-state index in [0.29, 0.717) is 19.4 Å². The van der Waals surface area contributed by atoms with E-state index in [1.165, 1.54) is 4.90 Å². The molecule has 1 N–H and O–H groups in total. The van der Waals surface area contributed by atoms with Gasteiger partial charge in [-0.1, -0.05) is 37.3 Å². The highest BCUT2D eigenvalue weighted by molar-refractivity contribution is 5.89. The maximum Gasteiger partial charge on any atom is 0.417 e. The summed E-state index contributed by atoms with van der Waals surface area (Å²) >= 11 is 0. The number of nitrogens with zero attached hydrogens (tertiary/aromatic N) is 1. The highest BCUT2D eigenvalue weighted by atomic mass is 16.6. The van der Waals surface area contributed by atoms with E-state index >= 15 is 0 Å². The molecule has 9 nitrogen and oxygen atoms in total. The molecule has 0 bridgehead atoms. The third-order valence-corrected chi connectivity index (χ3v) is 5.30. The lowest BCUT2D eigenvalue weighted by atomic mass is 9.99. The molecule has 1 aliphatic heterocycles. The number of methoxy groups -OCH3 is 1. The SMILES string of the molecule is CCCC(=O)OC(=O)CCC(=O)OC(=O)N1CC[C@@H](N[C@H](C)c2ccccc2)[C@@H](OC)C1. The first-order valence-electron chi connectivity index (χ1n) is 10.9. The van der Waals surface area contributed by atoms with E-state index in [1.807, 2.05) is 30.3 Å². The van der Waals surface area contributed by atoms with Gasteiger partial charge in [0.15, 0.2) is 0 Å². The molecule has 1 amide bonds. The second kappa shape index (κ2) is 12.9. The van der Waals surface area contributed by atoms with Crippen LogP contribution in [0.25, 0.3) is 0 Å². The molecule has 0 aromatic heterocycles. The van der Waals surface area contributed by atoms with E-state index in [4.69, 9.17) is 9.47 Å². The van der Waals surface area contributed by atoms with Gasteiger partial charge in [-0.2, -0.15) is 0 Å². The second-order valence-corrected chi connectivity index (χ2v) is 7.75. The third-order valence-electron chi connectivity index (χ3n) is 5.30. The van der Waals surface area contributed by atoms with Crippen LogP contribution in [0.3, 0.4) is 0 Å². The molecule has 0 saturated carbocycles. The molecular weight excluding hydrogens is 416 g/mol. The standard InChI is InChI=1S/C23H32N2O7/c1-4-8-20(26)31-21(27)11-12-22(28)32-23(29)25-14-13-18(19(15-25)30-3)24-16(2)17-9-6-5-7-10-17/h5-7,9-10,16,18-19,24H,4,8,11-15H2,1-3H3/t16-,18-,19+/m1/s1. The van der Waals surface area contributed by atoms with Gasteiger partial charge in [-0.25, -0.2) is 4.79 Å². The van der Waals surface area contributed by atoms with Gasteiger partial charge in [-0.15, -0.1) is 0 Å². The summed E-state index contributed by atoms with van der Waals surface area (Å²) in [6.07, 6.45) is -0.396. The zero-order chi connectivity index (χ0) is 23.5. The number of amides is 1. The highest BCUT2D eigenvalue weighted by Gasteiger charge is 2.33. The van der Waals surface area contributed by atoms with E-state index in [0.717, 1.165) is 5.56 Å². The molecule has 9 heteroatoms. The summed E-state index contributed by atoms with van der Waals surface area (Å²) in [6, 6.07) is 10.2. The molecule has 0 aliphatic carbocycles. The summed E-state index contributed by atoms with van der Waals surface area (Å²) in [6.45, 7) is 4.53. The zero-order valence-electron chi connectivity index (χ0n) is 18.9. The first-order valence-corrected chi connectivity index (χ1v) is 10.9. The minimum atomic E-state index is -0.846. The Morgan fingerprint density at radius 3 is 2.28 bits per heavy atom. The molecule has 3 atom stereocenters. The molecule has 1 aromatic carbocycles. The third kappa shape index (κ3) is 8.05. The molecule has 1 aromatic rings. The fourth-order valence-corrected chi connectivity index (χ4v) is 3.52. The average molecular weight is 449 g/mol. The van der Waals surface area contributed by atoms with Crippen LogP contribution in [0.4, 0.5) is 4.79 Å². The summed E-state index contributed by atoms with van der Waals surface area (Å²) in [7, 11) is 1.58. The number of rotatable bonds is 9. The van der Waals surface area contributed by atoms with Crippen molar-refractivity contribution in [2.45, 2.75) is 64.1 Å². The maximum absolute atomic E-state index is 12.4. The summed E-state index contributed by atoms with van der Waals surface area (Å²) in [5.74, 6) is -2.29. The Bertz CT molecular complexity index is 784. The van der Waals surface area contributed by atoms with Crippen molar-refractivity contribution in [1.82, 2.24) is 10.2 Å². The minimum absolute atomic E-state index is 0.0328. The number of benzene rings is 1. The van der Waals surface area contributed by atoms with Crippen LogP contribution in [0.15, 0.2) is 30.3 Å². The predicted octanol–water partition coefficient (Wildman–Crippen LogP) is 2.74. The van der Waals surface area contributed by atoms with Crippen molar-refractivity contribution in [3.05, 3.63) is 35.9 Å². The lowest BCUT2D eigenvalue weighted by Gasteiger charge is -2.38. The fourth-order valence-electron chi connectivity index (χ4n) is 3.52. The highest BCUT2D eigenvalue weighted by Crippen LogP contribution is 2.20. The van der Waals surface area contributed by atoms with Gasteiger partial charge in [0.25, 0.3) is 0 Å². The van der Waals surface area contributed by atoms with Crippen LogP contribution < -0.4 is 5.32 Å². The average Bonchev–Trinajstić information content (AvgIpc) is 2.78. The van der Waals surface area contributed by atoms with Crippen LogP contribution in [-0.2, 0) is 28.6 Å².